The van der Waals surface area contributed by atoms with Crippen LogP contribution in [0.4, 0.5) is 5.69 Å². The van der Waals surface area contributed by atoms with Crippen molar-refractivity contribution >= 4 is 11.5 Å². The molecule has 1 heterocycles. The molecule has 0 aliphatic carbocycles. The van der Waals surface area contributed by atoms with Crippen LogP contribution in [0.1, 0.15) is 40.9 Å². The maximum absolute atomic E-state index is 10.8. The molecule has 148 valence electrons. The Balaban J connectivity index is 0.000000237. The number of hydrogen-bond donors (Lipinski definition) is 1. The van der Waals surface area contributed by atoms with Crippen molar-refractivity contribution in [1.29, 1.82) is 0 Å². The first-order valence-corrected chi connectivity index (χ1v) is 9.43. The van der Waals surface area contributed by atoms with E-state index in [0.717, 1.165) is 24.1 Å². The second kappa shape index (κ2) is 10.4. The molecule has 2 N–H and O–H groups in total. The molecule has 5 heteroatoms. The summed E-state index contributed by atoms with van der Waals surface area (Å²) >= 11 is 0. The first-order valence-electron chi connectivity index (χ1n) is 9.43. The van der Waals surface area contributed by atoms with E-state index in [0.29, 0.717) is 5.69 Å². The number of nitrogen functional groups attached to an aromatic ring is 1. The van der Waals surface area contributed by atoms with Crippen molar-refractivity contribution < 1.29 is 4.79 Å². The average molecular weight is 379 g/mol. The van der Waals surface area contributed by atoms with Crippen molar-refractivity contribution in [2.75, 3.05) is 26.4 Å². The van der Waals surface area contributed by atoms with Crippen molar-refractivity contribution in [3.05, 3.63) is 83.7 Å². The number of hydrogen-bond acceptors (Lipinski definition) is 4. The molecule has 0 spiro atoms. The molecule has 28 heavy (non-hydrogen) atoms. The number of ketones is 1. The number of nitrogens with zero attached hydrogens (tertiary/aromatic N) is 3. The Hall–Kier alpha value is -2.92. The van der Waals surface area contributed by atoms with Gasteiger partial charge in [0.1, 0.15) is 0 Å². The third kappa shape index (κ3) is 6.67. The minimum Gasteiger partial charge on any atom is -0.396 e. The second-order valence-electron chi connectivity index (χ2n) is 7.20. The molecule has 3 rings (SSSR count). The molecule has 1 unspecified atom stereocenters. The number of anilines is 1. The molecule has 5 nitrogen and oxygen atoms in total. The van der Waals surface area contributed by atoms with Gasteiger partial charge in [0, 0.05) is 11.8 Å². The molecule has 0 saturated carbocycles. The van der Waals surface area contributed by atoms with Gasteiger partial charge in [-0.15, -0.1) is 0 Å². The van der Waals surface area contributed by atoms with Crippen LogP contribution in [0.5, 0.6) is 0 Å². The standard InChI is InChI=1S/C14H20N4.C9H10O/c1-17(2)9-8-14(12-6-4-3-5-7-12)18-11-13(15)10-16-18;1-7-4-3-5-9(6-7)8(2)10/h3-7,10-11,14H,8-9,15H2,1-2H3;3-6H,1-2H3. The molecule has 0 bridgehead atoms. The van der Waals surface area contributed by atoms with Gasteiger partial charge in [-0.05, 0) is 52.5 Å². The zero-order chi connectivity index (χ0) is 20.5. The number of rotatable bonds is 6. The van der Waals surface area contributed by atoms with E-state index < -0.39 is 0 Å². The zero-order valence-electron chi connectivity index (χ0n) is 17.2. The average Bonchev–Trinajstić information content (AvgIpc) is 3.09. The van der Waals surface area contributed by atoms with E-state index >= 15 is 0 Å². The Morgan fingerprint density at radius 3 is 2.36 bits per heavy atom. The molecule has 3 aromatic rings. The van der Waals surface area contributed by atoms with Crippen molar-refractivity contribution in [2.24, 2.45) is 0 Å². The maximum atomic E-state index is 10.8. The number of aryl methyl sites for hydroxylation is 1. The first kappa shape index (κ1) is 21.4. The smallest absolute Gasteiger partial charge is 0.159 e. The lowest BCUT2D eigenvalue weighted by Gasteiger charge is -2.20. The number of nitrogens with two attached hydrogens (primary N) is 1. The van der Waals surface area contributed by atoms with Gasteiger partial charge < -0.3 is 10.6 Å². The van der Waals surface area contributed by atoms with E-state index in [2.05, 4.69) is 48.4 Å². The van der Waals surface area contributed by atoms with Gasteiger partial charge in [-0.1, -0.05) is 54.1 Å². The van der Waals surface area contributed by atoms with Crippen LogP contribution in [-0.4, -0.2) is 41.1 Å². The third-order valence-corrected chi connectivity index (χ3v) is 4.40. The van der Waals surface area contributed by atoms with Crippen LogP contribution in [0, 0.1) is 6.92 Å². The van der Waals surface area contributed by atoms with Gasteiger partial charge in [-0.25, -0.2) is 0 Å². The molecular weight excluding hydrogens is 348 g/mol. The maximum Gasteiger partial charge on any atom is 0.159 e. The number of carbonyl (C=O) groups is 1. The normalized spacial score (nSPS) is 11.6. The number of carbonyl (C=O) groups excluding carboxylic acids is 1. The van der Waals surface area contributed by atoms with E-state index in [-0.39, 0.29) is 11.8 Å². The third-order valence-electron chi connectivity index (χ3n) is 4.40. The van der Waals surface area contributed by atoms with Crippen molar-refractivity contribution in [3.8, 4) is 0 Å². The molecule has 2 aromatic carbocycles. The largest absolute Gasteiger partial charge is 0.396 e. The van der Waals surface area contributed by atoms with Gasteiger partial charge in [-0.3, -0.25) is 9.48 Å². The van der Waals surface area contributed by atoms with Crippen molar-refractivity contribution in [2.45, 2.75) is 26.3 Å². The lowest BCUT2D eigenvalue weighted by Crippen LogP contribution is -2.20. The minimum absolute atomic E-state index is 0.128. The second-order valence-corrected chi connectivity index (χ2v) is 7.20. The molecule has 0 radical (unpaired) electrons. The van der Waals surface area contributed by atoms with E-state index in [9.17, 15) is 4.79 Å². The van der Waals surface area contributed by atoms with Crippen LogP contribution in [-0.2, 0) is 0 Å². The predicted octanol–water partition coefficient (Wildman–Crippen LogP) is 4.20. The summed E-state index contributed by atoms with van der Waals surface area (Å²) in [6.45, 7) is 4.57. The summed E-state index contributed by atoms with van der Waals surface area (Å²) in [5.74, 6) is 0.128. The summed E-state index contributed by atoms with van der Waals surface area (Å²) < 4.78 is 1.95. The summed E-state index contributed by atoms with van der Waals surface area (Å²) in [6.07, 6.45) is 4.61. The zero-order valence-corrected chi connectivity index (χ0v) is 17.2. The van der Waals surface area contributed by atoms with Gasteiger partial charge in [0.25, 0.3) is 0 Å². The summed E-state index contributed by atoms with van der Waals surface area (Å²) in [7, 11) is 4.17. The topological polar surface area (TPSA) is 64.2 Å². The Kier molecular flexibility index (Phi) is 7.96. The predicted molar refractivity (Wildman–Crippen MR) is 116 cm³/mol. The Morgan fingerprint density at radius 2 is 1.86 bits per heavy atom. The van der Waals surface area contributed by atoms with Crippen molar-refractivity contribution in [1.82, 2.24) is 14.7 Å². The fourth-order valence-electron chi connectivity index (χ4n) is 2.89. The Labute approximate surface area is 167 Å². The highest BCUT2D eigenvalue weighted by Crippen LogP contribution is 2.22. The minimum atomic E-state index is 0.128. The SMILES string of the molecule is CC(=O)c1cccc(C)c1.CN(C)CCC(c1ccccc1)n1cc(N)cn1. The summed E-state index contributed by atoms with van der Waals surface area (Å²) in [5, 5.41) is 4.34. The highest BCUT2D eigenvalue weighted by atomic mass is 16.1. The molecule has 1 atom stereocenters. The molecule has 1 aromatic heterocycles. The van der Waals surface area contributed by atoms with Gasteiger partial charge in [0.15, 0.2) is 5.78 Å². The summed E-state index contributed by atoms with van der Waals surface area (Å²) in [6, 6.07) is 18.3. The summed E-state index contributed by atoms with van der Waals surface area (Å²) in [5.41, 5.74) is 9.66. The highest BCUT2D eigenvalue weighted by molar-refractivity contribution is 5.94. The fourth-order valence-corrected chi connectivity index (χ4v) is 2.89. The van der Waals surface area contributed by atoms with Crippen LogP contribution in [0.25, 0.3) is 0 Å². The Morgan fingerprint density at radius 1 is 1.14 bits per heavy atom. The molecule has 0 saturated heterocycles. The molecule has 0 aliphatic heterocycles. The molecule has 0 amide bonds. The first-order chi connectivity index (χ1) is 13.4. The van der Waals surface area contributed by atoms with Gasteiger partial charge in [0.05, 0.1) is 17.9 Å². The van der Waals surface area contributed by atoms with Crippen LogP contribution in [0.15, 0.2) is 67.0 Å². The van der Waals surface area contributed by atoms with Gasteiger partial charge in [-0.2, -0.15) is 5.10 Å². The molecule has 0 aliphatic rings. The van der Waals surface area contributed by atoms with Crippen molar-refractivity contribution in [3.63, 3.8) is 0 Å². The highest BCUT2D eigenvalue weighted by Gasteiger charge is 2.14. The monoisotopic (exact) mass is 378 g/mol. The molecular formula is C23H30N4O. The summed E-state index contributed by atoms with van der Waals surface area (Å²) in [4.78, 5) is 13.0. The lowest BCUT2D eigenvalue weighted by atomic mass is 10.0. The number of Topliss-reactive ketones (excluding diaryl/α,β-unsaturated/α-hetero) is 1. The molecule has 0 fully saturated rings. The van der Waals surface area contributed by atoms with E-state index in [1.165, 1.54) is 5.56 Å². The number of benzene rings is 2. The van der Waals surface area contributed by atoms with E-state index in [4.69, 9.17) is 5.73 Å². The van der Waals surface area contributed by atoms with Crippen LogP contribution in [0.2, 0.25) is 0 Å². The van der Waals surface area contributed by atoms with E-state index in [1.54, 1.807) is 13.1 Å². The van der Waals surface area contributed by atoms with Gasteiger partial charge >= 0.3 is 0 Å². The van der Waals surface area contributed by atoms with Crippen LogP contribution >= 0.6 is 0 Å². The van der Waals surface area contributed by atoms with Crippen LogP contribution < -0.4 is 5.73 Å². The Bertz CT molecular complexity index is 871. The fraction of sp³-hybridized carbons (Fsp3) is 0.304. The quantitative estimate of drug-likeness (QED) is 0.653. The van der Waals surface area contributed by atoms with Crippen LogP contribution in [0.3, 0.4) is 0 Å². The lowest BCUT2D eigenvalue weighted by molar-refractivity contribution is 0.101. The number of aromatic nitrogens is 2. The van der Waals surface area contributed by atoms with Gasteiger partial charge in [0.2, 0.25) is 0 Å². The van der Waals surface area contributed by atoms with E-state index in [1.807, 2.05) is 48.1 Å².